The first-order chi connectivity index (χ1) is 22.6. The minimum absolute atomic E-state index is 0.137. The first-order valence-electron chi connectivity index (χ1n) is 15.5. The molecular formula is C38H33FN4O2S. The highest BCUT2D eigenvalue weighted by atomic mass is 32.2. The molecule has 230 valence electrons. The van der Waals surface area contributed by atoms with Crippen molar-refractivity contribution in [3.63, 3.8) is 0 Å². The Bertz CT molecular complexity index is 1880. The lowest BCUT2D eigenvalue weighted by molar-refractivity contribution is -0.113. The van der Waals surface area contributed by atoms with Crippen LogP contribution in [0.4, 0.5) is 4.39 Å². The number of amides is 1. The summed E-state index contributed by atoms with van der Waals surface area (Å²) in [6.45, 7) is 1.93. The van der Waals surface area contributed by atoms with Crippen molar-refractivity contribution in [2.75, 3.05) is 13.1 Å². The van der Waals surface area contributed by atoms with Gasteiger partial charge in [-0.1, -0.05) is 66.7 Å². The first-order valence-corrected chi connectivity index (χ1v) is 16.3. The number of hydrogen-bond acceptors (Lipinski definition) is 5. The fraction of sp³-hybridized carbons (Fsp3) is 0.184. The SMILES string of the molecule is O=C1N=C(N2CCC(Cc3ccccc3)CC2)SC1=Cc1cn(-c2ccccc2)nc1-c1ccc(OCc2ccccc2F)cc1. The maximum absolute atomic E-state index is 14.0. The third-order valence-corrected chi connectivity index (χ3v) is 9.44. The van der Waals surface area contributed by atoms with E-state index >= 15 is 0 Å². The van der Waals surface area contributed by atoms with Crippen molar-refractivity contribution in [3.8, 4) is 22.7 Å². The minimum Gasteiger partial charge on any atom is -0.489 e. The summed E-state index contributed by atoms with van der Waals surface area (Å²) in [6, 6.07) is 34.7. The lowest BCUT2D eigenvalue weighted by Crippen LogP contribution is -2.37. The van der Waals surface area contributed by atoms with Gasteiger partial charge in [0.2, 0.25) is 0 Å². The van der Waals surface area contributed by atoms with Crippen LogP contribution in [0.5, 0.6) is 5.75 Å². The van der Waals surface area contributed by atoms with Gasteiger partial charge < -0.3 is 9.64 Å². The molecule has 0 spiro atoms. The zero-order chi connectivity index (χ0) is 31.3. The average Bonchev–Trinajstić information content (AvgIpc) is 3.69. The van der Waals surface area contributed by atoms with Crippen molar-refractivity contribution in [3.05, 3.63) is 143 Å². The number of para-hydroxylation sites is 1. The van der Waals surface area contributed by atoms with Crippen molar-refractivity contribution in [2.24, 2.45) is 10.9 Å². The van der Waals surface area contributed by atoms with E-state index in [4.69, 9.17) is 9.84 Å². The molecule has 0 radical (unpaired) electrons. The summed E-state index contributed by atoms with van der Waals surface area (Å²) < 4.78 is 21.7. The number of aromatic nitrogens is 2. The molecule has 3 heterocycles. The number of aliphatic imine (C=N–C) groups is 1. The predicted octanol–water partition coefficient (Wildman–Crippen LogP) is 8.18. The molecule has 7 rings (SSSR count). The van der Waals surface area contributed by atoms with E-state index in [-0.39, 0.29) is 18.3 Å². The molecule has 2 aliphatic rings. The Kier molecular flexibility index (Phi) is 8.78. The Morgan fingerprint density at radius 2 is 1.57 bits per heavy atom. The van der Waals surface area contributed by atoms with Crippen LogP contribution in [0.15, 0.2) is 125 Å². The van der Waals surface area contributed by atoms with E-state index < -0.39 is 0 Å². The van der Waals surface area contributed by atoms with Gasteiger partial charge in [0.15, 0.2) is 5.17 Å². The molecule has 46 heavy (non-hydrogen) atoms. The number of benzene rings is 4. The molecule has 6 nitrogen and oxygen atoms in total. The maximum atomic E-state index is 14.0. The molecule has 4 aromatic carbocycles. The summed E-state index contributed by atoms with van der Waals surface area (Å²) in [6.07, 6.45) is 7.09. The van der Waals surface area contributed by atoms with E-state index in [1.54, 1.807) is 18.2 Å². The van der Waals surface area contributed by atoms with Crippen molar-refractivity contribution >= 4 is 28.9 Å². The second kappa shape index (κ2) is 13.6. The normalized spacial score (nSPS) is 16.2. The highest BCUT2D eigenvalue weighted by Gasteiger charge is 2.29. The number of carbonyl (C=O) groups is 1. The number of nitrogens with zero attached hydrogens (tertiary/aromatic N) is 4. The Morgan fingerprint density at radius 3 is 2.30 bits per heavy atom. The van der Waals surface area contributed by atoms with Crippen LogP contribution in [0.1, 0.15) is 29.5 Å². The Labute approximate surface area is 272 Å². The third-order valence-electron chi connectivity index (χ3n) is 8.39. The van der Waals surface area contributed by atoms with Gasteiger partial charge in [0.1, 0.15) is 18.2 Å². The Morgan fingerprint density at radius 1 is 0.870 bits per heavy atom. The summed E-state index contributed by atoms with van der Waals surface area (Å²) in [5.41, 5.74) is 5.22. The molecule has 1 saturated heterocycles. The average molecular weight is 629 g/mol. The smallest absolute Gasteiger partial charge is 0.286 e. The standard InChI is InChI=1S/C38H33FN4O2S/c39-34-14-8-7-11-30(34)26-45-33-17-15-29(16-18-33)36-31(25-43(41-36)32-12-5-2-6-13-32)24-35-37(44)40-38(46-35)42-21-19-28(20-22-42)23-27-9-3-1-4-10-27/h1-18,24-25,28H,19-23,26H2. The van der Waals surface area contributed by atoms with E-state index in [1.807, 2.05) is 71.6 Å². The molecule has 1 aromatic heterocycles. The summed E-state index contributed by atoms with van der Waals surface area (Å²) in [5, 5.41) is 5.70. The molecule has 1 fully saturated rings. The van der Waals surface area contributed by atoms with Crippen LogP contribution in [0.3, 0.4) is 0 Å². The second-order valence-electron chi connectivity index (χ2n) is 11.5. The zero-order valence-electron chi connectivity index (χ0n) is 25.3. The fourth-order valence-corrected chi connectivity index (χ4v) is 6.82. The predicted molar refractivity (Wildman–Crippen MR) is 182 cm³/mol. The van der Waals surface area contributed by atoms with E-state index in [0.29, 0.717) is 22.1 Å². The molecule has 0 aliphatic carbocycles. The van der Waals surface area contributed by atoms with Crippen LogP contribution >= 0.6 is 11.8 Å². The highest BCUT2D eigenvalue weighted by molar-refractivity contribution is 8.18. The van der Waals surface area contributed by atoms with Gasteiger partial charge in [-0.05, 0) is 91.0 Å². The van der Waals surface area contributed by atoms with Crippen molar-refractivity contribution in [1.82, 2.24) is 14.7 Å². The van der Waals surface area contributed by atoms with Crippen LogP contribution in [0.25, 0.3) is 23.0 Å². The molecule has 2 aliphatic heterocycles. The third kappa shape index (κ3) is 6.82. The molecule has 0 saturated carbocycles. The Hall–Kier alpha value is -4.95. The summed E-state index contributed by atoms with van der Waals surface area (Å²) >= 11 is 1.44. The molecular weight excluding hydrogens is 596 g/mol. The second-order valence-corrected chi connectivity index (χ2v) is 12.6. The van der Waals surface area contributed by atoms with E-state index in [2.05, 4.69) is 40.2 Å². The number of carbonyl (C=O) groups excluding carboxylic acids is 1. The largest absolute Gasteiger partial charge is 0.489 e. The van der Waals surface area contributed by atoms with E-state index in [1.165, 1.54) is 23.4 Å². The lowest BCUT2D eigenvalue weighted by atomic mass is 9.90. The van der Waals surface area contributed by atoms with Crippen LogP contribution in [-0.2, 0) is 17.8 Å². The zero-order valence-corrected chi connectivity index (χ0v) is 26.1. The van der Waals surface area contributed by atoms with Crippen molar-refractivity contribution in [2.45, 2.75) is 25.9 Å². The number of rotatable bonds is 8. The monoisotopic (exact) mass is 628 g/mol. The lowest BCUT2D eigenvalue weighted by Gasteiger charge is -2.32. The van der Waals surface area contributed by atoms with Gasteiger partial charge in [0.25, 0.3) is 5.91 Å². The van der Waals surface area contributed by atoms with E-state index in [0.717, 1.165) is 60.0 Å². The van der Waals surface area contributed by atoms with Gasteiger partial charge in [-0.3, -0.25) is 4.79 Å². The van der Waals surface area contributed by atoms with Crippen LogP contribution in [-0.4, -0.2) is 38.8 Å². The molecule has 0 unspecified atom stereocenters. The van der Waals surface area contributed by atoms with Crippen molar-refractivity contribution in [1.29, 1.82) is 0 Å². The van der Waals surface area contributed by atoms with Gasteiger partial charge in [-0.15, -0.1) is 0 Å². The van der Waals surface area contributed by atoms with Gasteiger partial charge in [0.05, 0.1) is 16.3 Å². The van der Waals surface area contributed by atoms with Gasteiger partial charge in [0, 0.05) is 36.0 Å². The van der Waals surface area contributed by atoms with E-state index in [9.17, 15) is 9.18 Å². The molecule has 8 heteroatoms. The fourth-order valence-electron chi connectivity index (χ4n) is 5.87. The van der Waals surface area contributed by atoms with Crippen molar-refractivity contribution < 1.29 is 13.9 Å². The molecule has 0 atom stereocenters. The maximum Gasteiger partial charge on any atom is 0.286 e. The van der Waals surface area contributed by atoms with Gasteiger partial charge >= 0.3 is 0 Å². The quantitative estimate of drug-likeness (QED) is 0.162. The summed E-state index contributed by atoms with van der Waals surface area (Å²) in [5.74, 6) is 0.754. The number of halogens is 1. The summed E-state index contributed by atoms with van der Waals surface area (Å²) in [4.78, 5) is 20.4. The molecule has 0 bridgehead atoms. The number of ether oxygens (including phenoxy) is 1. The van der Waals surface area contributed by atoms with Crippen LogP contribution < -0.4 is 4.74 Å². The molecule has 1 amide bonds. The Balaban J connectivity index is 1.08. The number of hydrogen-bond donors (Lipinski definition) is 0. The van der Waals surface area contributed by atoms with Crippen LogP contribution in [0.2, 0.25) is 0 Å². The number of amidine groups is 1. The van der Waals surface area contributed by atoms with Crippen LogP contribution in [0, 0.1) is 11.7 Å². The number of piperidine rings is 1. The highest BCUT2D eigenvalue weighted by Crippen LogP contribution is 2.35. The summed E-state index contributed by atoms with van der Waals surface area (Å²) in [7, 11) is 0. The van der Waals surface area contributed by atoms with Gasteiger partial charge in [-0.2, -0.15) is 10.1 Å². The minimum atomic E-state index is -0.290. The first kappa shape index (κ1) is 29.7. The topological polar surface area (TPSA) is 59.7 Å². The van der Waals surface area contributed by atoms with Gasteiger partial charge in [-0.25, -0.2) is 9.07 Å². The molecule has 5 aromatic rings. The number of thioether (sulfide) groups is 1. The molecule has 0 N–H and O–H groups in total. The number of likely N-dealkylation sites (tertiary alicyclic amines) is 1.